The number of hydrogen-bond acceptors (Lipinski definition) is 0. The molecular formula is C14H28. The van der Waals surface area contributed by atoms with Crippen molar-refractivity contribution in [2.24, 2.45) is 29.1 Å². The largest absolute Gasteiger partial charge is 0.0628 e. The van der Waals surface area contributed by atoms with Gasteiger partial charge in [-0.1, -0.05) is 48.0 Å². The lowest BCUT2D eigenvalue weighted by Gasteiger charge is -2.48. The normalized spacial score (nSPS) is 37.5. The molecular weight excluding hydrogens is 168 g/mol. The lowest BCUT2D eigenvalue weighted by atomic mass is 9.57. The van der Waals surface area contributed by atoms with Crippen molar-refractivity contribution in [1.29, 1.82) is 0 Å². The molecule has 0 heteroatoms. The Kier molecular flexibility index (Phi) is 3.66. The van der Waals surface area contributed by atoms with Crippen molar-refractivity contribution >= 4 is 0 Å². The number of hydrogen-bond donors (Lipinski definition) is 0. The molecule has 0 amide bonds. The molecule has 0 N–H and O–H groups in total. The van der Waals surface area contributed by atoms with Crippen LogP contribution < -0.4 is 0 Å². The van der Waals surface area contributed by atoms with E-state index in [0.717, 1.165) is 23.7 Å². The Morgan fingerprint density at radius 3 is 2.21 bits per heavy atom. The van der Waals surface area contributed by atoms with E-state index < -0.39 is 0 Å². The average molecular weight is 196 g/mol. The molecule has 1 aliphatic carbocycles. The predicted molar refractivity (Wildman–Crippen MR) is 64.3 cm³/mol. The second-order valence-electron chi connectivity index (χ2n) is 6.51. The molecule has 1 fully saturated rings. The SMILES string of the molecule is CC(C)CC1C(C)CCC(C)C1(C)C. The highest BCUT2D eigenvalue weighted by molar-refractivity contribution is 4.90. The molecule has 3 unspecified atom stereocenters. The maximum absolute atomic E-state index is 2.49. The summed E-state index contributed by atoms with van der Waals surface area (Å²) in [5, 5.41) is 0. The van der Waals surface area contributed by atoms with Crippen LogP contribution in [0.1, 0.15) is 60.8 Å². The third-order valence-electron chi connectivity index (χ3n) is 4.69. The molecule has 0 radical (unpaired) electrons. The highest BCUT2D eigenvalue weighted by Crippen LogP contribution is 2.49. The molecule has 0 nitrogen and oxygen atoms in total. The van der Waals surface area contributed by atoms with Gasteiger partial charge in [-0.05, 0) is 41.9 Å². The minimum atomic E-state index is 0.557. The highest BCUT2D eigenvalue weighted by Gasteiger charge is 2.41. The van der Waals surface area contributed by atoms with E-state index in [9.17, 15) is 0 Å². The summed E-state index contributed by atoms with van der Waals surface area (Å²) in [5.41, 5.74) is 0.557. The van der Waals surface area contributed by atoms with Gasteiger partial charge in [-0.25, -0.2) is 0 Å². The van der Waals surface area contributed by atoms with E-state index in [2.05, 4.69) is 41.5 Å². The van der Waals surface area contributed by atoms with Crippen LogP contribution in [0.4, 0.5) is 0 Å². The topological polar surface area (TPSA) is 0 Å². The molecule has 0 heterocycles. The van der Waals surface area contributed by atoms with Crippen LogP contribution in [0.3, 0.4) is 0 Å². The Morgan fingerprint density at radius 2 is 1.71 bits per heavy atom. The van der Waals surface area contributed by atoms with Crippen LogP contribution in [0, 0.1) is 29.1 Å². The van der Waals surface area contributed by atoms with Gasteiger partial charge in [-0.2, -0.15) is 0 Å². The van der Waals surface area contributed by atoms with Crippen molar-refractivity contribution < 1.29 is 0 Å². The van der Waals surface area contributed by atoms with Gasteiger partial charge in [0.25, 0.3) is 0 Å². The molecule has 1 rings (SSSR count). The first-order chi connectivity index (χ1) is 6.35. The van der Waals surface area contributed by atoms with Gasteiger partial charge in [0.15, 0.2) is 0 Å². The van der Waals surface area contributed by atoms with Crippen molar-refractivity contribution in [2.75, 3.05) is 0 Å². The molecule has 0 aliphatic heterocycles. The van der Waals surface area contributed by atoms with Crippen molar-refractivity contribution in [3.05, 3.63) is 0 Å². The zero-order chi connectivity index (χ0) is 10.9. The van der Waals surface area contributed by atoms with Gasteiger partial charge in [-0.15, -0.1) is 0 Å². The fourth-order valence-electron chi connectivity index (χ4n) is 3.23. The molecule has 0 saturated heterocycles. The van der Waals surface area contributed by atoms with Crippen molar-refractivity contribution in [3.63, 3.8) is 0 Å². The van der Waals surface area contributed by atoms with E-state index >= 15 is 0 Å². The molecule has 0 aromatic carbocycles. The van der Waals surface area contributed by atoms with E-state index in [1.165, 1.54) is 19.3 Å². The van der Waals surface area contributed by atoms with Crippen LogP contribution in [-0.4, -0.2) is 0 Å². The first-order valence-electron chi connectivity index (χ1n) is 6.35. The van der Waals surface area contributed by atoms with Crippen LogP contribution in [0.15, 0.2) is 0 Å². The van der Waals surface area contributed by atoms with Crippen LogP contribution in [0.25, 0.3) is 0 Å². The lowest BCUT2D eigenvalue weighted by Crippen LogP contribution is -2.40. The highest BCUT2D eigenvalue weighted by atomic mass is 14.5. The maximum Gasteiger partial charge on any atom is -0.0298 e. The van der Waals surface area contributed by atoms with Gasteiger partial charge in [0, 0.05) is 0 Å². The number of rotatable bonds is 2. The fraction of sp³-hybridized carbons (Fsp3) is 1.00. The Bertz CT molecular complexity index is 178. The average Bonchev–Trinajstić information content (AvgIpc) is 2.06. The van der Waals surface area contributed by atoms with Crippen LogP contribution >= 0.6 is 0 Å². The summed E-state index contributed by atoms with van der Waals surface area (Å²) in [6.45, 7) is 14.6. The second kappa shape index (κ2) is 4.24. The first kappa shape index (κ1) is 12.1. The van der Waals surface area contributed by atoms with Gasteiger partial charge >= 0.3 is 0 Å². The third kappa shape index (κ3) is 2.32. The summed E-state index contributed by atoms with van der Waals surface area (Å²) in [7, 11) is 0. The van der Waals surface area contributed by atoms with Gasteiger partial charge in [-0.3, -0.25) is 0 Å². The van der Waals surface area contributed by atoms with Gasteiger partial charge in [0.1, 0.15) is 0 Å². The van der Waals surface area contributed by atoms with Gasteiger partial charge in [0.05, 0.1) is 0 Å². The molecule has 0 spiro atoms. The van der Waals surface area contributed by atoms with Gasteiger partial charge in [0.2, 0.25) is 0 Å². The lowest BCUT2D eigenvalue weighted by molar-refractivity contribution is 0.0148. The summed E-state index contributed by atoms with van der Waals surface area (Å²) in [4.78, 5) is 0. The van der Waals surface area contributed by atoms with Crippen LogP contribution in [0.5, 0.6) is 0 Å². The summed E-state index contributed by atoms with van der Waals surface area (Å²) in [6.07, 6.45) is 4.29. The molecule has 84 valence electrons. The minimum Gasteiger partial charge on any atom is -0.0628 e. The molecule has 1 saturated carbocycles. The fourth-order valence-corrected chi connectivity index (χ4v) is 3.23. The summed E-state index contributed by atoms with van der Waals surface area (Å²) >= 11 is 0. The van der Waals surface area contributed by atoms with Crippen molar-refractivity contribution in [2.45, 2.75) is 60.8 Å². The second-order valence-corrected chi connectivity index (χ2v) is 6.51. The van der Waals surface area contributed by atoms with Crippen LogP contribution in [-0.2, 0) is 0 Å². The first-order valence-corrected chi connectivity index (χ1v) is 6.35. The van der Waals surface area contributed by atoms with Crippen molar-refractivity contribution in [3.8, 4) is 0 Å². The van der Waals surface area contributed by atoms with E-state index in [1.54, 1.807) is 0 Å². The van der Waals surface area contributed by atoms with E-state index in [4.69, 9.17) is 0 Å². The quantitative estimate of drug-likeness (QED) is 0.598. The zero-order valence-corrected chi connectivity index (χ0v) is 10.9. The minimum absolute atomic E-state index is 0.557. The van der Waals surface area contributed by atoms with E-state index in [0.29, 0.717) is 5.41 Å². The Morgan fingerprint density at radius 1 is 1.14 bits per heavy atom. The molecule has 1 aliphatic rings. The monoisotopic (exact) mass is 196 g/mol. The molecule has 3 atom stereocenters. The van der Waals surface area contributed by atoms with Gasteiger partial charge < -0.3 is 0 Å². The molecule has 0 bridgehead atoms. The Labute approximate surface area is 90.5 Å². The van der Waals surface area contributed by atoms with Crippen molar-refractivity contribution in [1.82, 2.24) is 0 Å². The maximum atomic E-state index is 2.49. The molecule has 14 heavy (non-hydrogen) atoms. The third-order valence-corrected chi connectivity index (χ3v) is 4.69. The molecule has 0 aromatic heterocycles. The smallest absolute Gasteiger partial charge is 0.0298 e. The Hall–Kier alpha value is 0. The standard InChI is InChI=1S/C14H28/c1-10(2)9-13-11(3)7-8-12(4)14(13,5)6/h10-13H,7-9H2,1-6H3. The Balaban J connectivity index is 2.74. The van der Waals surface area contributed by atoms with E-state index in [-0.39, 0.29) is 0 Å². The van der Waals surface area contributed by atoms with Crippen LogP contribution in [0.2, 0.25) is 0 Å². The summed E-state index contributed by atoms with van der Waals surface area (Å²) in [5.74, 6) is 3.63. The summed E-state index contributed by atoms with van der Waals surface area (Å²) in [6, 6.07) is 0. The zero-order valence-electron chi connectivity index (χ0n) is 10.9. The van der Waals surface area contributed by atoms with E-state index in [1.807, 2.05) is 0 Å². The summed E-state index contributed by atoms with van der Waals surface area (Å²) < 4.78 is 0. The molecule has 0 aromatic rings. The predicted octanol–water partition coefficient (Wildman–Crippen LogP) is 4.74.